The number of benzene rings is 1. The van der Waals surface area contributed by atoms with E-state index in [4.69, 9.17) is 14.7 Å². The minimum absolute atomic E-state index is 0.398. The summed E-state index contributed by atoms with van der Waals surface area (Å²) in [7, 11) is 0. The zero-order valence-corrected chi connectivity index (χ0v) is 15.0. The molecule has 0 radical (unpaired) electrons. The van der Waals surface area contributed by atoms with Crippen molar-refractivity contribution in [3.8, 4) is 6.07 Å². The Hall–Kier alpha value is -1.37. The van der Waals surface area contributed by atoms with Crippen LogP contribution in [0.25, 0.3) is 0 Å². The maximum atomic E-state index is 8.94. The molecule has 134 valence electrons. The van der Waals surface area contributed by atoms with Crippen LogP contribution in [-0.4, -0.2) is 25.4 Å². The maximum Gasteiger partial charge on any atom is 0.104 e. The molecule has 1 aliphatic heterocycles. The Labute approximate surface area is 151 Å². The van der Waals surface area contributed by atoms with Gasteiger partial charge in [-0.25, -0.2) is 0 Å². The Balaban J connectivity index is 1.21. The number of ether oxygens (including phenoxy) is 2. The van der Waals surface area contributed by atoms with Crippen LogP contribution in [0.4, 0.5) is 0 Å². The Kier molecular flexibility index (Phi) is 5.39. The highest BCUT2D eigenvalue weighted by Crippen LogP contribution is 2.43. The molecule has 3 nitrogen and oxygen atoms in total. The molecule has 4 rings (SSSR count). The second-order valence-corrected chi connectivity index (χ2v) is 8.17. The van der Waals surface area contributed by atoms with Gasteiger partial charge in [0.2, 0.25) is 0 Å². The van der Waals surface area contributed by atoms with Gasteiger partial charge in [-0.15, -0.1) is 0 Å². The average molecular weight is 339 g/mol. The van der Waals surface area contributed by atoms with Crippen molar-refractivity contribution in [2.75, 3.05) is 13.2 Å². The predicted molar refractivity (Wildman–Crippen MR) is 97.3 cm³/mol. The van der Waals surface area contributed by atoms with E-state index in [9.17, 15) is 0 Å². The molecule has 25 heavy (non-hydrogen) atoms. The fourth-order valence-electron chi connectivity index (χ4n) is 4.89. The van der Waals surface area contributed by atoms with Gasteiger partial charge in [-0.2, -0.15) is 5.26 Å². The fraction of sp³-hybridized carbons (Fsp3) is 0.682. The summed E-state index contributed by atoms with van der Waals surface area (Å²) in [6, 6.07) is 10.5. The third kappa shape index (κ3) is 4.43. The predicted octanol–water partition coefficient (Wildman–Crippen LogP) is 4.81. The molecular formula is C22H29NO2. The number of hydrogen-bond donors (Lipinski definition) is 0. The number of nitriles is 1. The lowest BCUT2D eigenvalue weighted by atomic mass is 9.69. The van der Waals surface area contributed by atoms with Crippen LogP contribution in [0.1, 0.15) is 68.4 Å². The van der Waals surface area contributed by atoms with Crippen molar-refractivity contribution in [3.63, 3.8) is 0 Å². The zero-order chi connectivity index (χ0) is 17.1. The highest BCUT2D eigenvalue weighted by Gasteiger charge is 2.32. The van der Waals surface area contributed by atoms with Gasteiger partial charge in [0.05, 0.1) is 31.0 Å². The van der Waals surface area contributed by atoms with E-state index in [1.54, 1.807) is 0 Å². The molecule has 0 bridgehead atoms. The van der Waals surface area contributed by atoms with E-state index in [1.807, 2.05) is 12.1 Å². The van der Waals surface area contributed by atoms with Gasteiger partial charge in [-0.3, -0.25) is 0 Å². The van der Waals surface area contributed by atoms with Crippen molar-refractivity contribution in [1.82, 2.24) is 0 Å². The maximum absolute atomic E-state index is 8.94. The van der Waals surface area contributed by atoms with Crippen molar-refractivity contribution >= 4 is 0 Å². The lowest BCUT2D eigenvalue weighted by Gasteiger charge is -2.38. The molecule has 2 aliphatic carbocycles. The monoisotopic (exact) mass is 339 g/mol. The summed E-state index contributed by atoms with van der Waals surface area (Å²) in [4.78, 5) is 0. The second-order valence-electron chi connectivity index (χ2n) is 8.17. The zero-order valence-electron chi connectivity index (χ0n) is 15.0. The average Bonchev–Trinajstić information content (AvgIpc) is 3.52. The summed E-state index contributed by atoms with van der Waals surface area (Å²) in [6.07, 6.45) is 11.4. The van der Waals surface area contributed by atoms with E-state index in [0.29, 0.717) is 18.1 Å². The van der Waals surface area contributed by atoms with E-state index in [0.717, 1.165) is 30.6 Å². The molecule has 0 spiro atoms. The van der Waals surface area contributed by atoms with Gasteiger partial charge in [0, 0.05) is 0 Å². The first-order chi connectivity index (χ1) is 12.3. The van der Waals surface area contributed by atoms with Crippen LogP contribution >= 0.6 is 0 Å². The molecule has 0 amide bonds. The van der Waals surface area contributed by atoms with E-state index < -0.39 is 0 Å². The largest absolute Gasteiger partial charge is 0.375 e. The highest BCUT2D eigenvalue weighted by atomic mass is 16.6. The Morgan fingerprint density at radius 2 is 1.52 bits per heavy atom. The van der Waals surface area contributed by atoms with Crippen molar-refractivity contribution in [2.45, 2.75) is 69.5 Å². The van der Waals surface area contributed by atoms with Crippen LogP contribution in [0.5, 0.6) is 0 Å². The van der Waals surface area contributed by atoms with Crippen LogP contribution < -0.4 is 0 Å². The number of nitrogens with zero attached hydrogens (tertiary/aromatic N) is 1. The molecule has 1 aromatic rings. The molecule has 1 heterocycles. The fourth-order valence-corrected chi connectivity index (χ4v) is 4.89. The van der Waals surface area contributed by atoms with Crippen molar-refractivity contribution in [2.24, 2.45) is 11.8 Å². The normalized spacial score (nSPS) is 35.1. The van der Waals surface area contributed by atoms with Crippen LogP contribution in [0.3, 0.4) is 0 Å². The minimum Gasteiger partial charge on any atom is -0.375 e. The van der Waals surface area contributed by atoms with Gasteiger partial charge in [-0.1, -0.05) is 12.1 Å². The second kappa shape index (κ2) is 7.89. The summed E-state index contributed by atoms with van der Waals surface area (Å²) >= 11 is 0. The van der Waals surface area contributed by atoms with Gasteiger partial charge in [-0.05, 0) is 86.8 Å². The highest BCUT2D eigenvalue weighted by molar-refractivity contribution is 5.33. The molecule has 1 saturated heterocycles. The molecule has 2 saturated carbocycles. The van der Waals surface area contributed by atoms with Crippen LogP contribution in [-0.2, 0) is 9.47 Å². The first kappa shape index (κ1) is 17.1. The Morgan fingerprint density at radius 1 is 0.920 bits per heavy atom. The molecule has 0 aromatic heterocycles. The first-order valence-corrected chi connectivity index (χ1v) is 10.0. The molecule has 1 atom stereocenters. The molecule has 1 unspecified atom stereocenters. The van der Waals surface area contributed by atoms with E-state index in [2.05, 4.69) is 18.2 Å². The molecular weight excluding hydrogens is 310 g/mol. The van der Waals surface area contributed by atoms with Gasteiger partial charge in [0.15, 0.2) is 0 Å². The quantitative estimate of drug-likeness (QED) is 0.723. The smallest absolute Gasteiger partial charge is 0.104 e. The number of hydrogen-bond acceptors (Lipinski definition) is 3. The van der Waals surface area contributed by atoms with Gasteiger partial charge in [0.25, 0.3) is 0 Å². The lowest BCUT2D eigenvalue weighted by Crippen LogP contribution is -2.29. The third-order valence-corrected chi connectivity index (χ3v) is 6.59. The molecule has 3 fully saturated rings. The summed E-state index contributed by atoms with van der Waals surface area (Å²) in [5.74, 6) is 2.53. The van der Waals surface area contributed by atoms with Crippen LogP contribution in [0.2, 0.25) is 0 Å². The van der Waals surface area contributed by atoms with Crippen molar-refractivity contribution in [1.29, 1.82) is 5.26 Å². The van der Waals surface area contributed by atoms with E-state index in [1.165, 1.54) is 56.9 Å². The standard InChI is InChI=1S/C22H29NO2/c23-13-16-1-3-17(4-2-16)18-5-7-19(8-6-18)20-9-11-21(12-10-20)24-14-22-15-25-22/h1-4,18-22H,5-12,14-15H2. The Morgan fingerprint density at radius 3 is 2.08 bits per heavy atom. The molecule has 3 heteroatoms. The minimum atomic E-state index is 0.398. The first-order valence-electron chi connectivity index (χ1n) is 10.0. The van der Waals surface area contributed by atoms with E-state index in [-0.39, 0.29) is 0 Å². The number of rotatable bonds is 5. The third-order valence-electron chi connectivity index (χ3n) is 6.59. The number of epoxide rings is 1. The SMILES string of the molecule is N#Cc1ccc(C2CCC(C3CCC(OCC4CO4)CC3)CC2)cc1. The molecule has 3 aliphatic rings. The summed E-state index contributed by atoms with van der Waals surface area (Å²) < 4.78 is 11.2. The molecule has 0 N–H and O–H groups in total. The van der Waals surface area contributed by atoms with Gasteiger partial charge < -0.3 is 9.47 Å². The van der Waals surface area contributed by atoms with Crippen LogP contribution in [0, 0.1) is 23.2 Å². The van der Waals surface area contributed by atoms with Crippen molar-refractivity contribution < 1.29 is 9.47 Å². The Bertz CT molecular complexity index is 585. The van der Waals surface area contributed by atoms with Crippen molar-refractivity contribution in [3.05, 3.63) is 35.4 Å². The van der Waals surface area contributed by atoms with Gasteiger partial charge in [0.1, 0.15) is 6.10 Å². The summed E-state index contributed by atoms with van der Waals surface area (Å²) in [5.41, 5.74) is 2.20. The lowest BCUT2D eigenvalue weighted by molar-refractivity contribution is 0.00133. The van der Waals surface area contributed by atoms with Gasteiger partial charge >= 0.3 is 0 Å². The van der Waals surface area contributed by atoms with Crippen LogP contribution in [0.15, 0.2) is 24.3 Å². The summed E-state index contributed by atoms with van der Waals surface area (Å²) in [6.45, 7) is 1.71. The molecule has 1 aromatic carbocycles. The van der Waals surface area contributed by atoms with E-state index >= 15 is 0 Å². The topological polar surface area (TPSA) is 45.5 Å². The summed E-state index contributed by atoms with van der Waals surface area (Å²) in [5, 5.41) is 8.94.